The Hall–Kier alpha value is -1.67. The first-order valence-corrected chi connectivity index (χ1v) is 4.29. The molecule has 1 amide bonds. The van der Waals surface area contributed by atoms with Crippen LogP contribution in [0.15, 0.2) is 0 Å². The van der Waals surface area contributed by atoms with Gasteiger partial charge >= 0.3 is 11.9 Å². The third-order valence-electron chi connectivity index (χ3n) is 1.08. The van der Waals surface area contributed by atoms with Gasteiger partial charge in [-0.15, -0.1) is 0 Å². The van der Waals surface area contributed by atoms with Crippen molar-refractivity contribution in [1.82, 2.24) is 10.2 Å². The van der Waals surface area contributed by atoms with Crippen LogP contribution in [0, 0.1) is 0 Å². The fraction of sp³-hybridized carbons (Fsp3) is 0.625. The predicted molar refractivity (Wildman–Crippen MR) is 53.9 cm³/mol. The van der Waals surface area contributed by atoms with Crippen molar-refractivity contribution in [2.75, 3.05) is 33.8 Å². The number of carboxylic acid groups (broad SMARTS) is 2. The van der Waals surface area contributed by atoms with Gasteiger partial charge in [0.05, 0.1) is 13.2 Å². The molecule has 0 saturated heterocycles. The highest BCUT2D eigenvalue weighted by Gasteiger charge is 2.04. The minimum atomic E-state index is -1.82. The minimum absolute atomic E-state index is 0.000825. The van der Waals surface area contributed by atoms with E-state index in [0.717, 1.165) is 0 Å². The molecule has 0 aliphatic heterocycles. The van der Waals surface area contributed by atoms with Crippen LogP contribution in [-0.4, -0.2) is 71.9 Å². The molecule has 0 heterocycles. The lowest BCUT2D eigenvalue weighted by atomic mass is 10.5. The molecule has 0 bridgehead atoms. The molecule has 94 valence electrons. The fourth-order valence-corrected chi connectivity index (χ4v) is 0.538. The Bertz CT molecular complexity index is 229. The predicted octanol–water partition coefficient (Wildman–Crippen LogP) is -2.19. The molecule has 8 nitrogen and oxygen atoms in total. The molecule has 0 aliphatic rings. The van der Waals surface area contributed by atoms with Crippen molar-refractivity contribution in [2.45, 2.75) is 0 Å². The zero-order chi connectivity index (χ0) is 13.1. The van der Waals surface area contributed by atoms with Crippen molar-refractivity contribution >= 4 is 17.8 Å². The average Bonchev–Trinajstić information content (AvgIpc) is 2.14. The number of carbonyl (C=O) groups is 3. The molecular formula is C8H16N2O6. The largest absolute Gasteiger partial charge is 0.473 e. The van der Waals surface area contributed by atoms with Gasteiger partial charge in [-0.2, -0.15) is 0 Å². The van der Waals surface area contributed by atoms with Crippen molar-refractivity contribution in [3.8, 4) is 0 Å². The van der Waals surface area contributed by atoms with Gasteiger partial charge in [0.25, 0.3) is 0 Å². The number of nitrogens with one attached hydrogen (secondary N) is 1. The molecule has 0 unspecified atom stereocenters. The van der Waals surface area contributed by atoms with E-state index in [2.05, 4.69) is 5.32 Å². The monoisotopic (exact) mass is 236 g/mol. The maximum absolute atomic E-state index is 10.7. The summed E-state index contributed by atoms with van der Waals surface area (Å²) in [5.74, 6) is -3.70. The number of carboxylic acids is 2. The summed E-state index contributed by atoms with van der Waals surface area (Å²) in [6.45, 7) is 0.714. The Balaban J connectivity index is 0. The number of carbonyl (C=O) groups excluding carboxylic acids is 1. The third kappa shape index (κ3) is 14.8. The zero-order valence-corrected chi connectivity index (χ0v) is 9.13. The quantitative estimate of drug-likeness (QED) is 0.408. The molecule has 0 radical (unpaired) electrons. The summed E-state index contributed by atoms with van der Waals surface area (Å²) < 4.78 is 0. The Morgan fingerprint density at radius 1 is 1.12 bits per heavy atom. The van der Waals surface area contributed by atoms with Crippen molar-refractivity contribution in [1.29, 1.82) is 0 Å². The number of aliphatic carboxylic acids is 2. The summed E-state index contributed by atoms with van der Waals surface area (Å²) in [5.41, 5.74) is 0. The maximum atomic E-state index is 10.7. The number of hydrogen-bond donors (Lipinski definition) is 4. The van der Waals surface area contributed by atoms with Crippen LogP contribution in [0.4, 0.5) is 0 Å². The van der Waals surface area contributed by atoms with E-state index < -0.39 is 11.9 Å². The topological polar surface area (TPSA) is 127 Å². The van der Waals surface area contributed by atoms with Crippen LogP contribution >= 0.6 is 0 Å². The molecule has 0 aromatic rings. The van der Waals surface area contributed by atoms with Gasteiger partial charge in [-0.3, -0.25) is 4.79 Å². The van der Waals surface area contributed by atoms with Crippen molar-refractivity contribution in [3.05, 3.63) is 0 Å². The molecule has 0 rings (SSSR count). The number of likely N-dealkylation sites (N-methyl/N-ethyl adjacent to an activating group) is 1. The summed E-state index contributed by atoms with van der Waals surface area (Å²) in [6, 6.07) is 0. The second kappa shape index (κ2) is 9.87. The van der Waals surface area contributed by atoms with Gasteiger partial charge in [0.15, 0.2) is 0 Å². The van der Waals surface area contributed by atoms with Crippen molar-refractivity contribution < 1.29 is 29.7 Å². The second-order valence-corrected chi connectivity index (χ2v) is 2.92. The smallest absolute Gasteiger partial charge is 0.414 e. The SMILES string of the molecule is CN(C)CC(=O)NCCO.O=C(O)C(=O)O. The number of amides is 1. The summed E-state index contributed by atoms with van der Waals surface area (Å²) in [5, 5.41) is 25.6. The summed E-state index contributed by atoms with van der Waals surface area (Å²) in [4.78, 5) is 30.7. The van der Waals surface area contributed by atoms with Crippen LogP contribution in [0.1, 0.15) is 0 Å². The minimum Gasteiger partial charge on any atom is -0.473 e. The van der Waals surface area contributed by atoms with Crippen LogP contribution in [0.25, 0.3) is 0 Å². The summed E-state index contributed by atoms with van der Waals surface area (Å²) in [6.07, 6.45) is 0. The zero-order valence-electron chi connectivity index (χ0n) is 9.13. The fourth-order valence-electron chi connectivity index (χ4n) is 0.538. The van der Waals surface area contributed by atoms with Gasteiger partial charge in [-0.25, -0.2) is 9.59 Å². The number of aliphatic hydroxyl groups excluding tert-OH is 1. The van der Waals surface area contributed by atoms with Crippen molar-refractivity contribution in [3.63, 3.8) is 0 Å². The number of aliphatic hydroxyl groups is 1. The van der Waals surface area contributed by atoms with E-state index in [1.807, 2.05) is 14.1 Å². The van der Waals surface area contributed by atoms with Gasteiger partial charge in [-0.1, -0.05) is 0 Å². The summed E-state index contributed by atoms with van der Waals surface area (Å²) >= 11 is 0. The van der Waals surface area contributed by atoms with E-state index in [1.165, 1.54) is 0 Å². The van der Waals surface area contributed by atoms with Gasteiger partial charge in [0, 0.05) is 6.54 Å². The lowest BCUT2D eigenvalue weighted by molar-refractivity contribution is -0.159. The maximum Gasteiger partial charge on any atom is 0.414 e. The Morgan fingerprint density at radius 2 is 1.56 bits per heavy atom. The molecule has 0 atom stereocenters. The second-order valence-electron chi connectivity index (χ2n) is 2.92. The van der Waals surface area contributed by atoms with E-state index in [9.17, 15) is 4.79 Å². The van der Waals surface area contributed by atoms with Crippen LogP contribution in [0.2, 0.25) is 0 Å². The highest BCUT2D eigenvalue weighted by atomic mass is 16.4. The highest BCUT2D eigenvalue weighted by Crippen LogP contribution is 1.72. The van der Waals surface area contributed by atoms with Gasteiger partial charge in [-0.05, 0) is 14.1 Å². The first-order valence-electron chi connectivity index (χ1n) is 4.29. The first-order chi connectivity index (χ1) is 7.31. The lowest BCUT2D eigenvalue weighted by Gasteiger charge is -2.08. The molecule has 8 heteroatoms. The third-order valence-corrected chi connectivity index (χ3v) is 1.08. The van der Waals surface area contributed by atoms with Gasteiger partial charge in [0.2, 0.25) is 5.91 Å². The van der Waals surface area contributed by atoms with Crippen molar-refractivity contribution in [2.24, 2.45) is 0 Å². The van der Waals surface area contributed by atoms with Gasteiger partial charge < -0.3 is 25.5 Å². The normalized spacial score (nSPS) is 9.00. The van der Waals surface area contributed by atoms with Crippen LogP contribution < -0.4 is 5.32 Å². The molecular weight excluding hydrogens is 220 g/mol. The van der Waals surface area contributed by atoms with Crippen LogP contribution in [-0.2, 0) is 14.4 Å². The Morgan fingerprint density at radius 3 is 1.81 bits per heavy atom. The molecule has 0 aliphatic carbocycles. The molecule has 0 spiro atoms. The molecule has 0 aromatic carbocycles. The Kier molecular flexibility index (Phi) is 10.3. The highest BCUT2D eigenvalue weighted by molar-refractivity contribution is 6.27. The van der Waals surface area contributed by atoms with E-state index >= 15 is 0 Å². The average molecular weight is 236 g/mol. The Labute approximate surface area is 92.5 Å². The van der Waals surface area contributed by atoms with E-state index in [4.69, 9.17) is 24.9 Å². The van der Waals surface area contributed by atoms with Gasteiger partial charge in [0.1, 0.15) is 0 Å². The standard InChI is InChI=1S/C6H14N2O2.C2H2O4/c1-8(2)5-6(10)7-3-4-9;3-1(4)2(5)6/h9H,3-5H2,1-2H3,(H,7,10);(H,3,4)(H,5,6). The van der Waals surface area contributed by atoms with E-state index in [1.54, 1.807) is 4.90 Å². The molecule has 16 heavy (non-hydrogen) atoms. The van der Waals surface area contributed by atoms with Crippen LogP contribution in [0.3, 0.4) is 0 Å². The summed E-state index contributed by atoms with van der Waals surface area (Å²) in [7, 11) is 3.64. The number of rotatable bonds is 4. The molecule has 4 N–H and O–H groups in total. The number of nitrogens with zero attached hydrogens (tertiary/aromatic N) is 1. The first kappa shape index (κ1) is 16.7. The lowest BCUT2D eigenvalue weighted by Crippen LogP contribution is -2.34. The van der Waals surface area contributed by atoms with Crippen LogP contribution in [0.5, 0.6) is 0 Å². The van der Waals surface area contributed by atoms with E-state index in [0.29, 0.717) is 13.1 Å². The van der Waals surface area contributed by atoms with E-state index in [-0.39, 0.29) is 12.5 Å². The molecule has 0 saturated carbocycles. The molecule has 0 aromatic heterocycles. The molecule has 0 fully saturated rings. The number of hydrogen-bond acceptors (Lipinski definition) is 5.